The highest BCUT2D eigenvalue weighted by Gasteiger charge is 2.26. The first-order valence-corrected chi connectivity index (χ1v) is 8.00. The molecule has 6 heteroatoms. The summed E-state index contributed by atoms with van der Waals surface area (Å²) in [5.41, 5.74) is 1.44. The van der Waals surface area contributed by atoms with E-state index in [9.17, 15) is 19.1 Å². The van der Waals surface area contributed by atoms with E-state index < -0.39 is 5.97 Å². The third-order valence-electron chi connectivity index (χ3n) is 4.25. The van der Waals surface area contributed by atoms with Crippen LogP contribution in [-0.2, 0) is 16.0 Å². The Labute approximate surface area is 144 Å². The molecule has 1 aliphatic rings. The Morgan fingerprint density at radius 2 is 1.88 bits per heavy atom. The summed E-state index contributed by atoms with van der Waals surface area (Å²) in [5.74, 6) is -1.52. The normalized spacial score (nSPS) is 17.3. The van der Waals surface area contributed by atoms with Crippen LogP contribution in [0.5, 0.6) is 0 Å². The van der Waals surface area contributed by atoms with Crippen molar-refractivity contribution in [3.05, 3.63) is 71.0 Å². The number of ether oxygens (including phenoxy) is 1. The number of hydrogen-bond acceptors (Lipinski definition) is 3. The molecule has 1 atom stereocenters. The van der Waals surface area contributed by atoms with Crippen LogP contribution in [0.3, 0.4) is 0 Å². The summed E-state index contributed by atoms with van der Waals surface area (Å²) in [6, 6.07) is 12.5. The lowest BCUT2D eigenvalue weighted by Crippen LogP contribution is -2.43. The monoisotopic (exact) mass is 343 g/mol. The van der Waals surface area contributed by atoms with Crippen LogP contribution in [0, 0.1) is 5.82 Å². The molecule has 2 aromatic rings. The minimum atomic E-state index is -1.05. The molecule has 1 aliphatic heterocycles. The molecule has 25 heavy (non-hydrogen) atoms. The van der Waals surface area contributed by atoms with Crippen LogP contribution in [-0.4, -0.2) is 41.6 Å². The van der Waals surface area contributed by atoms with Crippen molar-refractivity contribution in [1.29, 1.82) is 0 Å². The SMILES string of the molecule is O=C(O)c1ccccc1CC(=O)N1CCOC(c2ccc(F)cc2)C1. The predicted molar refractivity (Wildman–Crippen MR) is 88.8 cm³/mol. The molecule has 130 valence electrons. The lowest BCUT2D eigenvalue weighted by atomic mass is 10.0. The van der Waals surface area contributed by atoms with E-state index in [2.05, 4.69) is 0 Å². The highest BCUT2D eigenvalue weighted by atomic mass is 19.1. The van der Waals surface area contributed by atoms with E-state index in [-0.39, 0.29) is 29.8 Å². The second-order valence-corrected chi connectivity index (χ2v) is 5.89. The molecular formula is C19H18FNO4. The molecule has 1 amide bonds. The van der Waals surface area contributed by atoms with Gasteiger partial charge in [0.25, 0.3) is 0 Å². The maximum Gasteiger partial charge on any atom is 0.335 e. The average molecular weight is 343 g/mol. The van der Waals surface area contributed by atoms with Gasteiger partial charge in [0.1, 0.15) is 11.9 Å². The van der Waals surface area contributed by atoms with Gasteiger partial charge >= 0.3 is 5.97 Å². The quantitative estimate of drug-likeness (QED) is 0.927. The Morgan fingerprint density at radius 1 is 1.16 bits per heavy atom. The number of amides is 1. The Kier molecular flexibility index (Phi) is 5.09. The Morgan fingerprint density at radius 3 is 2.60 bits per heavy atom. The molecule has 2 aromatic carbocycles. The third kappa shape index (κ3) is 4.03. The first kappa shape index (κ1) is 17.1. The smallest absolute Gasteiger partial charge is 0.335 e. The fourth-order valence-electron chi connectivity index (χ4n) is 2.91. The van der Waals surface area contributed by atoms with Crippen LogP contribution < -0.4 is 0 Å². The van der Waals surface area contributed by atoms with Crippen molar-refractivity contribution < 1.29 is 23.8 Å². The summed E-state index contributed by atoms with van der Waals surface area (Å²) in [4.78, 5) is 25.5. The van der Waals surface area contributed by atoms with Crippen LogP contribution in [0.1, 0.15) is 27.6 Å². The van der Waals surface area contributed by atoms with E-state index in [1.807, 2.05) is 0 Å². The minimum absolute atomic E-state index is 0.0264. The van der Waals surface area contributed by atoms with Gasteiger partial charge in [-0.3, -0.25) is 4.79 Å². The number of carboxylic acid groups (broad SMARTS) is 1. The molecule has 0 aromatic heterocycles. The fourth-order valence-corrected chi connectivity index (χ4v) is 2.91. The van der Waals surface area contributed by atoms with Gasteiger partial charge in [-0.15, -0.1) is 0 Å². The van der Waals surface area contributed by atoms with E-state index in [1.165, 1.54) is 18.2 Å². The number of nitrogens with zero attached hydrogens (tertiary/aromatic N) is 1. The Balaban J connectivity index is 1.70. The van der Waals surface area contributed by atoms with E-state index in [0.717, 1.165) is 5.56 Å². The van der Waals surface area contributed by atoms with Gasteiger partial charge in [-0.2, -0.15) is 0 Å². The molecule has 0 spiro atoms. The summed E-state index contributed by atoms with van der Waals surface area (Å²) in [7, 11) is 0. The highest BCUT2D eigenvalue weighted by molar-refractivity contribution is 5.91. The van der Waals surface area contributed by atoms with Crippen molar-refractivity contribution in [2.24, 2.45) is 0 Å². The first-order chi connectivity index (χ1) is 12.0. The number of carboxylic acids is 1. The van der Waals surface area contributed by atoms with E-state index in [4.69, 9.17) is 4.74 Å². The molecule has 0 saturated carbocycles. The highest BCUT2D eigenvalue weighted by Crippen LogP contribution is 2.23. The van der Waals surface area contributed by atoms with Crippen LogP contribution in [0.4, 0.5) is 4.39 Å². The largest absolute Gasteiger partial charge is 0.478 e. The van der Waals surface area contributed by atoms with Crippen LogP contribution in [0.25, 0.3) is 0 Å². The van der Waals surface area contributed by atoms with Crippen LogP contribution in [0.2, 0.25) is 0 Å². The molecule has 0 bridgehead atoms. The summed E-state index contributed by atoms with van der Waals surface area (Å²) in [6.07, 6.45) is -0.286. The van der Waals surface area contributed by atoms with E-state index in [1.54, 1.807) is 35.2 Å². The van der Waals surface area contributed by atoms with Crippen molar-refractivity contribution in [2.45, 2.75) is 12.5 Å². The number of benzene rings is 2. The van der Waals surface area contributed by atoms with Gasteiger partial charge < -0.3 is 14.7 Å². The van der Waals surface area contributed by atoms with Crippen molar-refractivity contribution in [1.82, 2.24) is 4.90 Å². The van der Waals surface area contributed by atoms with Gasteiger partial charge in [-0.1, -0.05) is 30.3 Å². The van der Waals surface area contributed by atoms with Crippen LogP contribution in [0.15, 0.2) is 48.5 Å². The first-order valence-electron chi connectivity index (χ1n) is 8.00. The van der Waals surface area contributed by atoms with Gasteiger partial charge in [0, 0.05) is 6.54 Å². The van der Waals surface area contributed by atoms with Gasteiger partial charge in [-0.05, 0) is 29.3 Å². The summed E-state index contributed by atoms with van der Waals surface area (Å²) in [6.45, 7) is 1.19. The maximum atomic E-state index is 13.1. The lowest BCUT2D eigenvalue weighted by Gasteiger charge is -2.33. The van der Waals surface area contributed by atoms with E-state index in [0.29, 0.717) is 25.3 Å². The number of aromatic carboxylic acids is 1. The molecule has 1 N–H and O–H groups in total. The number of halogens is 1. The fraction of sp³-hybridized carbons (Fsp3) is 0.263. The molecule has 0 radical (unpaired) electrons. The predicted octanol–water partition coefficient (Wildman–Crippen LogP) is 2.67. The van der Waals surface area contributed by atoms with Crippen molar-refractivity contribution >= 4 is 11.9 Å². The summed E-state index contributed by atoms with van der Waals surface area (Å²) in [5, 5.41) is 9.23. The van der Waals surface area contributed by atoms with Gasteiger partial charge in [0.15, 0.2) is 0 Å². The maximum absolute atomic E-state index is 13.1. The van der Waals surface area contributed by atoms with Crippen LogP contribution >= 0.6 is 0 Å². The second-order valence-electron chi connectivity index (χ2n) is 5.89. The molecule has 1 heterocycles. The molecule has 5 nitrogen and oxygen atoms in total. The zero-order valence-corrected chi connectivity index (χ0v) is 13.5. The molecule has 1 saturated heterocycles. The average Bonchev–Trinajstić information content (AvgIpc) is 2.62. The second kappa shape index (κ2) is 7.44. The van der Waals surface area contributed by atoms with E-state index >= 15 is 0 Å². The molecule has 0 aliphatic carbocycles. The zero-order chi connectivity index (χ0) is 17.8. The van der Waals surface area contributed by atoms with Crippen molar-refractivity contribution in [3.63, 3.8) is 0 Å². The number of hydrogen-bond donors (Lipinski definition) is 1. The number of carbonyl (C=O) groups is 2. The summed E-state index contributed by atoms with van der Waals surface area (Å²) >= 11 is 0. The lowest BCUT2D eigenvalue weighted by molar-refractivity contribution is -0.138. The zero-order valence-electron chi connectivity index (χ0n) is 13.5. The van der Waals surface area contributed by atoms with Crippen molar-refractivity contribution in [3.8, 4) is 0 Å². The van der Waals surface area contributed by atoms with Crippen molar-refractivity contribution in [2.75, 3.05) is 19.7 Å². The van der Waals surface area contributed by atoms with Gasteiger partial charge in [0.05, 0.1) is 25.1 Å². The topological polar surface area (TPSA) is 66.8 Å². The van der Waals surface area contributed by atoms with Gasteiger partial charge in [-0.25, -0.2) is 9.18 Å². The van der Waals surface area contributed by atoms with Gasteiger partial charge in [0.2, 0.25) is 5.91 Å². The number of morpholine rings is 1. The molecule has 1 fully saturated rings. The molecule has 3 rings (SSSR count). The number of rotatable bonds is 4. The standard InChI is InChI=1S/C19H18FNO4/c20-15-7-5-13(6-8-15)17-12-21(9-10-25-17)18(22)11-14-3-1-2-4-16(14)19(23)24/h1-8,17H,9-12H2,(H,23,24). The Bertz CT molecular complexity index is 775. The summed E-state index contributed by atoms with van der Waals surface area (Å²) < 4.78 is 18.7. The third-order valence-corrected chi connectivity index (χ3v) is 4.25. The Hall–Kier alpha value is -2.73. The molecule has 1 unspecified atom stereocenters. The molecular weight excluding hydrogens is 325 g/mol. The number of carbonyl (C=O) groups excluding carboxylic acids is 1. The minimum Gasteiger partial charge on any atom is -0.478 e.